The lowest BCUT2D eigenvalue weighted by molar-refractivity contribution is 0.0926. The second-order valence-corrected chi connectivity index (χ2v) is 15.5. The molecule has 278 valence electrons. The molecule has 0 saturated heterocycles. The standard InChI is InChI=1S/C54H40N2O2/c1-33-18-23-42(35(3)28-33)40-21-26-49-46(31-40)47-32-41(43-24-19-34(2)29-36(43)4)22-27-50(47)55(49)51-17-11-16-44-52(51)54(58)56(53(44)57)48-25-20-39(37-12-7-5-8-13-37)30-45(48)38-14-9-6-10-15-38/h5-32H,1-4H3. The Morgan fingerprint density at radius 1 is 0.362 bits per heavy atom. The van der Waals surface area contributed by atoms with Crippen molar-refractivity contribution in [1.29, 1.82) is 0 Å². The van der Waals surface area contributed by atoms with E-state index in [4.69, 9.17) is 0 Å². The molecule has 0 atom stereocenters. The molecule has 0 spiro atoms. The molecule has 2 heterocycles. The minimum absolute atomic E-state index is 0.332. The highest BCUT2D eigenvalue weighted by atomic mass is 16.2. The predicted octanol–water partition coefficient (Wildman–Crippen LogP) is 13.5. The number of hydrogen-bond acceptors (Lipinski definition) is 2. The molecule has 10 rings (SSSR count). The molecule has 1 aliphatic heterocycles. The van der Waals surface area contributed by atoms with Crippen LogP contribution in [0.5, 0.6) is 0 Å². The lowest BCUT2D eigenvalue weighted by Crippen LogP contribution is -2.30. The van der Waals surface area contributed by atoms with Crippen LogP contribution in [0.3, 0.4) is 0 Å². The Hall–Kier alpha value is -7.30. The maximum atomic E-state index is 15.0. The molecule has 58 heavy (non-hydrogen) atoms. The average molecular weight is 749 g/mol. The third-order valence-corrected chi connectivity index (χ3v) is 11.7. The van der Waals surface area contributed by atoms with Gasteiger partial charge in [-0.05, 0) is 126 Å². The number of carbonyl (C=O) groups excluding carboxylic acids is 2. The van der Waals surface area contributed by atoms with Crippen molar-refractivity contribution in [2.24, 2.45) is 0 Å². The zero-order chi connectivity index (χ0) is 39.7. The van der Waals surface area contributed by atoms with E-state index < -0.39 is 0 Å². The zero-order valence-corrected chi connectivity index (χ0v) is 32.9. The highest BCUT2D eigenvalue weighted by molar-refractivity contribution is 6.36. The van der Waals surface area contributed by atoms with Crippen LogP contribution >= 0.6 is 0 Å². The molecule has 4 nitrogen and oxygen atoms in total. The highest BCUT2D eigenvalue weighted by Crippen LogP contribution is 2.43. The number of anilines is 1. The molecular formula is C54H40N2O2. The molecule has 1 aliphatic rings. The van der Waals surface area contributed by atoms with Crippen LogP contribution in [0.25, 0.3) is 72.0 Å². The number of nitrogens with zero attached hydrogens (tertiary/aromatic N) is 2. The maximum absolute atomic E-state index is 15.0. The van der Waals surface area contributed by atoms with Crippen molar-refractivity contribution in [2.45, 2.75) is 27.7 Å². The van der Waals surface area contributed by atoms with Crippen LogP contribution in [-0.2, 0) is 0 Å². The van der Waals surface area contributed by atoms with Crippen molar-refractivity contribution < 1.29 is 9.59 Å². The van der Waals surface area contributed by atoms with Gasteiger partial charge in [-0.15, -0.1) is 0 Å². The summed E-state index contributed by atoms with van der Waals surface area (Å²) in [7, 11) is 0. The SMILES string of the molecule is Cc1ccc(-c2ccc3c(c2)c2cc(-c4ccc(C)cc4C)ccc2n3-c2cccc3c2C(=O)N(c2ccc(-c4ccccc4)cc2-c2ccccc2)C3=O)c(C)c1. The van der Waals surface area contributed by atoms with E-state index in [9.17, 15) is 4.79 Å². The highest BCUT2D eigenvalue weighted by Gasteiger charge is 2.40. The summed E-state index contributed by atoms with van der Waals surface area (Å²) in [5.41, 5.74) is 17.3. The van der Waals surface area contributed by atoms with E-state index in [0.29, 0.717) is 22.5 Å². The summed E-state index contributed by atoms with van der Waals surface area (Å²) < 4.78 is 2.17. The van der Waals surface area contributed by atoms with Crippen molar-refractivity contribution in [3.63, 3.8) is 0 Å². The summed E-state index contributed by atoms with van der Waals surface area (Å²) in [4.78, 5) is 31.0. The van der Waals surface area contributed by atoms with Gasteiger partial charge >= 0.3 is 0 Å². The van der Waals surface area contributed by atoms with Gasteiger partial charge in [-0.1, -0.05) is 132 Å². The fraction of sp³-hybridized carbons (Fsp3) is 0.0741. The van der Waals surface area contributed by atoms with Gasteiger partial charge in [0, 0.05) is 16.3 Å². The van der Waals surface area contributed by atoms with E-state index in [-0.39, 0.29) is 11.8 Å². The number of aromatic nitrogens is 1. The van der Waals surface area contributed by atoms with Crippen molar-refractivity contribution >= 4 is 39.3 Å². The first-order valence-electron chi connectivity index (χ1n) is 19.8. The molecule has 0 fully saturated rings. The van der Waals surface area contributed by atoms with Crippen molar-refractivity contribution in [3.05, 3.63) is 203 Å². The van der Waals surface area contributed by atoms with Gasteiger partial charge in [0.2, 0.25) is 0 Å². The number of amides is 2. The smallest absolute Gasteiger partial charge is 0.268 e. The Morgan fingerprint density at radius 3 is 1.48 bits per heavy atom. The van der Waals surface area contributed by atoms with Gasteiger partial charge in [-0.25, -0.2) is 4.90 Å². The summed E-state index contributed by atoms with van der Waals surface area (Å²) >= 11 is 0. The average Bonchev–Trinajstić information content (AvgIpc) is 3.70. The third kappa shape index (κ3) is 5.68. The minimum atomic E-state index is -0.339. The Kier molecular flexibility index (Phi) is 8.31. The first-order valence-corrected chi connectivity index (χ1v) is 19.8. The number of fused-ring (bicyclic) bond motifs is 4. The van der Waals surface area contributed by atoms with Gasteiger partial charge in [0.05, 0.1) is 33.5 Å². The number of benzene rings is 8. The van der Waals surface area contributed by atoms with Crippen molar-refractivity contribution in [2.75, 3.05) is 4.90 Å². The maximum Gasteiger partial charge on any atom is 0.268 e. The van der Waals surface area contributed by atoms with Crippen LogP contribution in [0, 0.1) is 27.7 Å². The molecule has 0 unspecified atom stereocenters. The summed E-state index contributed by atoms with van der Waals surface area (Å²) in [6, 6.07) is 58.2. The lowest BCUT2D eigenvalue weighted by Gasteiger charge is -2.20. The molecule has 8 aromatic carbocycles. The quantitative estimate of drug-likeness (QED) is 0.159. The molecular weight excluding hydrogens is 709 g/mol. The normalized spacial score (nSPS) is 12.5. The Labute approximate surface area is 338 Å². The van der Waals surface area contributed by atoms with Gasteiger partial charge in [0.25, 0.3) is 11.8 Å². The topological polar surface area (TPSA) is 42.3 Å². The molecule has 0 aliphatic carbocycles. The number of carbonyl (C=O) groups is 2. The van der Waals surface area contributed by atoms with E-state index in [0.717, 1.165) is 55.2 Å². The van der Waals surface area contributed by atoms with Gasteiger partial charge in [-0.3, -0.25) is 9.59 Å². The molecule has 0 saturated carbocycles. The van der Waals surface area contributed by atoms with Gasteiger partial charge in [0.1, 0.15) is 0 Å². The number of aryl methyl sites for hydroxylation is 4. The molecule has 0 bridgehead atoms. The third-order valence-electron chi connectivity index (χ3n) is 11.7. The van der Waals surface area contributed by atoms with E-state index >= 15 is 4.79 Å². The van der Waals surface area contributed by atoms with Crippen LogP contribution in [0.2, 0.25) is 0 Å². The fourth-order valence-corrected chi connectivity index (χ4v) is 8.96. The first-order chi connectivity index (χ1) is 28.2. The van der Waals surface area contributed by atoms with E-state index in [1.54, 1.807) is 6.07 Å². The number of hydrogen-bond donors (Lipinski definition) is 0. The van der Waals surface area contributed by atoms with Gasteiger partial charge in [-0.2, -0.15) is 0 Å². The Morgan fingerprint density at radius 2 is 0.914 bits per heavy atom. The zero-order valence-electron chi connectivity index (χ0n) is 32.9. The lowest BCUT2D eigenvalue weighted by atomic mass is 9.95. The molecule has 1 aromatic heterocycles. The van der Waals surface area contributed by atoms with Crippen molar-refractivity contribution in [3.8, 4) is 50.2 Å². The monoisotopic (exact) mass is 748 g/mol. The first kappa shape index (κ1) is 35.1. The van der Waals surface area contributed by atoms with E-state index in [1.807, 2.05) is 72.8 Å². The summed E-state index contributed by atoms with van der Waals surface area (Å²) in [5, 5.41) is 2.15. The van der Waals surface area contributed by atoms with Gasteiger partial charge in [0.15, 0.2) is 0 Å². The van der Waals surface area contributed by atoms with E-state index in [2.05, 4.69) is 123 Å². The van der Waals surface area contributed by atoms with Crippen molar-refractivity contribution in [1.82, 2.24) is 4.57 Å². The minimum Gasteiger partial charge on any atom is -0.308 e. The van der Waals surface area contributed by atoms with Crippen LogP contribution in [0.4, 0.5) is 5.69 Å². The number of rotatable bonds is 6. The van der Waals surface area contributed by atoms with Crippen LogP contribution in [0.15, 0.2) is 170 Å². The summed E-state index contributed by atoms with van der Waals surface area (Å²) in [5.74, 6) is -0.671. The Balaban J connectivity index is 1.17. The predicted molar refractivity (Wildman–Crippen MR) is 239 cm³/mol. The van der Waals surface area contributed by atoms with Crippen LogP contribution in [-0.4, -0.2) is 16.4 Å². The van der Waals surface area contributed by atoms with Crippen LogP contribution in [0.1, 0.15) is 43.0 Å². The second-order valence-electron chi connectivity index (χ2n) is 15.5. The summed E-state index contributed by atoms with van der Waals surface area (Å²) in [6.45, 7) is 8.56. The number of imide groups is 1. The molecule has 2 amide bonds. The largest absolute Gasteiger partial charge is 0.308 e. The molecule has 9 aromatic rings. The second kappa shape index (κ2) is 13.7. The molecule has 0 radical (unpaired) electrons. The van der Waals surface area contributed by atoms with E-state index in [1.165, 1.54) is 38.3 Å². The fourth-order valence-electron chi connectivity index (χ4n) is 8.96. The summed E-state index contributed by atoms with van der Waals surface area (Å²) in [6.07, 6.45) is 0. The van der Waals surface area contributed by atoms with Gasteiger partial charge < -0.3 is 4.57 Å². The molecule has 4 heteroatoms. The Bertz CT molecular complexity index is 3030. The van der Waals surface area contributed by atoms with Crippen LogP contribution < -0.4 is 4.90 Å². The molecule has 0 N–H and O–H groups in total.